The van der Waals surface area contributed by atoms with Crippen molar-refractivity contribution in [1.29, 1.82) is 0 Å². The minimum absolute atomic E-state index is 0.643. The Hall–Kier alpha value is -6.73. The number of fused-ring (bicyclic) bond motifs is 13. The monoisotopic (exact) mass is 736 g/mol. The smallest absolute Gasteiger partial charge is 0.164 e. The van der Waals surface area contributed by atoms with Crippen molar-refractivity contribution in [2.24, 2.45) is 0 Å². The van der Waals surface area contributed by atoms with Crippen molar-refractivity contribution in [3.63, 3.8) is 0 Å². The highest BCUT2D eigenvalue weighted by Crippen LogP contribution is 2.52. The van der Waals surface area contributed by atoms with Gasteiger partial charge in [-0.05, 0) is 59.3 Å². The topological polar surface area (TPSA) is 43.6 Å². The van der Waals surface area contributed by atoms with E-state index in [0.29, 0.717) is 17.5 Å². The number of hydrogen-bond acceptors (Lipinski definition) is 5. The summed E-state index contributed by atoms with van der Waals surface area (Å²) in [6.45, 7) is 0. The zero-order valence-corrected chi connectivity index (χ0v) is 30.9. The fourth-order valence-corrected chi connectivity index (χ4v) is 10.9. The van der Waals surface area contributed by atoms with Crippen LogP contribution in [0.25, 0.3) is 113 Å². The van der Waals surface area contributed by atoms with Crippen molar-refractivity contribution in [1.82, 2.24) is 19.5 Å². The second-order valence-corrected chi connectivity index (χ2v) is 16.1. The summed E-state index contributed by atoms with van der Waals surface area (Å²) in [5.41, 5.74) is 6.39. The summed E-state index contributed by atoms with van der Waals surface area (Å²) in [7, 11) is 0. The lowest BCUT2D eigenvalue weighted by atomic mass is 10.0. The molecule has 0 bridgehead atoms. The molecule has 0 saturated heterocycles. The van der Waals surface area contributed by atoms with Crippen molar-refractivity contribution in [2.75, 3.05) is 0 Å². The molecule has 8 aromatic carbocycles. The van der Waals surface area contributed by atoms with E-state index < -0.39 is 0 Å². The maximum absolute atomic E-state index is 5.09. The largest absolute Gasteiger partial charge is 0.308 e. The van der Waals surface area contributed by atoms with Gasteiger partial charge in [0.15, 0.2) is 17.5 Å². The Bertz CT molecular complexity index is 3490. The number of aromatic nitrogens is 4. The van der Waals surface area contributed by atoms with Gasteiger partial charge in [0.25, 0.3) is 0 Å². The van der Waals surface area contributed by atoms with Crippen LogP contribution in [0.1, 0.15) is 0 Å². The highest BCUT2D eigenvalue weighted by atomic mass is 32.1. The average molecular weight is 737 g/mol. The summed E-state index contributed by atoms with van der Waals surface area (Å²) in [6.07, 6.45) is 0. The van der Waals surface area contributed by atoms with Gasteiger partial charge in [0.05, 0.1) is 15.7 Å². The second-order valence-electron chi connectivity index (χ2n) is 14.0. The molecule has 6 heteroatoms. The van der Waals surface area contributed by atoms with Crippen LogP contribution in [0.15, 0.2) is 170 Å². The summed E-state index contributed by atoms with van der Waals surface area (Å²) in [4.78, 5) is 15.1. The number of benzene rings is 8. The molecule has 12 aromatic rings. The predicted octanol–water partition coefficient (Wildman–Crippen LogP) is 13.9. The van der Waals surface area contributed by atoms with E-state index in [-0.39, 0.29) is 0 Å². The van der Waals surface area contributed by atoms with E-state index in [2.05, 4.69) is 156 Å². The van der Waals surface area contributed by atoms with Gasteiger partial charge < -0.3 is 4.57 Å². The minimum atomic E-state index is 0.643. The van der Waals surface area contributed by atoms with Crippen molar-refractivity contribution in [2.45, 2.75) is 0 Å². The first kappa shape index (κ1) is 30.7. The minimum Gasteiger partial charge on any atom is -0.308 e. The lowest BCUT2D eigenvalue weighted by molar-refractivity contribution is 1.07. The quantitative estimate of drug-likeness (QED) is 0.181. The van der Waals surface area contributed by atoms with Crippen molar-refractivity contribution < 1.29 is 0 Å². The van der Waals surface area contributed by atoms with Crippen LogP contribution in [0.2, 0.25) is 0 Å². The van der Waals surface area contributed by atoms with E-state index in [9.17, 15) is 0 Å². The molecule has 4 nitrogen and oxygen atoms in total. The van der Waals surface area contributed by atoms with Crippen LogP contribution >= 0.6 is 22.7 Å². The first-order chi connectivity index (χ1) is 27.3. The summed E-state index contributed by atoms with van der Waals surface area (Å²) in [6, 6.07) is 60.3. The fourth-order valence-electron chi connectivity index (χ4n) is 8.32. The predicted molar refractivity (Wildman–Crippen MR) is 234 cm³/mol. The van der Waals surface area contributed by atoms with Crippen molar-refractivity contribution >= 4 is 95.6 Å². The molecule has 0 amide bonds. The van der Waals surface area contributed by atoms with Gasteiger partial charge >= 0.3 is 0 Å². The molecule has 4 heterocycles. The zero-order chi connectivity index (χ0) is 36.0. The summed E-state index contributed by atoms with van der Waals surface area (Å²) in [5, 5.41) is 10.2. The fraction of sp³-hybridized carbons (Fsp3) is 0. The molecule has 4 aromatic heterocycles. The van der Waals surface area contributed by atoms with Crippen LogP contribution in [0, 0.1) is 0 Å². The second kappa shape index (κ2) is 11.9. The van der Waals surface area contributed by atoms with E-state index in [4.69, 9.17) is 15.0 Å². The summed E-state index contributed by atoms with van der Waals surface area (Å²) >= 11 is 3.81. The average Bonchev–Trinajstić information content (AvgIpc) is 3.94. The number of thiophene rings is 2. The molecule has 256 valence electrons. The molecule has 0 radical (unpaired) electrons. The molecule has 0 spiro atoms. The van der Waals surface area contributed by atoms with Gasteiger partial charge in [-0.1, -0.05) is 121 Å². The van der Waals surface area contributed by atoms with Gasteiger partial charge in [-0.2, -0.15) is 0 Å². The van der Waals surface area contributed by atoms with Crippen LogP contribution in [-0.2, 0) is 0 Å². The van der Waals surface area contributed by atoms with Gasteiger partial charge in [-0.15, -0.1) is 22.7 Å². The molecule has 0 aliphatic heterocycles. The van der Waals surface area contributed by atoms with Gasteiger partial charge in [0, 0.05) is 68.8 Å². The van der Waals surface area contributed by atoms with E-state index in [1.165, 1.54) is 67.5 Å². The number of para-hydroxylation sites is 1. The van der Waals surface area contributed by atoms with E-state index >= 15 is 0 Å². The zero-order valence-electron chi connectivity index (χ0n) is 29.3. The lowest BCUT2D eigenvalue weighted by Gasteiger charge is -2.11. The maximum Gasteiger partial charge on any atom is 0.164 e. The van der Waals surface area contributed by atoms with E-state index in [1.807, 2.05) is 40.9 Å². The first-order valence-electron chi connectivity index (χ1n) is 18.4. The summed E-state index contributed by atoms with van der Waals surface area (Å²) in [5.74, 6) is 1.95. The SMILES string of the molecule is c1ccc(-c2nc(-c3ccc(-n4c5ccccc5c5c6c7ccccc7sc6c6c7ccccc7sc6c54)cc3)nc(-c3ccc4ccccc4c3)n2)cc1. The van der Waals surface area contributed by atoms with Gasteiger partial charge in [0.2, 0.25) is 0 Å². The molecule has 55 heavy (non-hydrogen) atoms. The molecule has 0 N–H and O–H groups in total. The van der Waals surface area contributed by atoms with Crippen molar-refractivity contribution in [3.8, 4) is 39.9 Å². The van der Waals surface area contributed by atoms with Gasteiger partial charge in [0.1, 0.15) is 0 Å². The Morgan fingerprint density at radius 2 is 0.927 bits per heavy atom. The van der Waals surface area contributed by atoms with E-state index in [1.54, 1.807) is 0 Å². The van der Waals surface area contributed by atoms with Crippen LogP contribution < -0.4 is 0 Å². The third kappa shape index (κ3) is 4.65. The molecule has 0 saturated carbocycles. The molecule has 0 unspecified atom stereocenters. The Labute approximate surface area is 323 Å². The number of hydrogen-bond donors (Lipinski definition) is 0. The molecule has 0 aliphatic rings. The highest BCUT2D eigenvalue weighted by Gasteiger charge is 2.24. The van der Waals surface area contributed by atoms with E-state index in [0.717, 1.165) is 27.8 Å². The van der Waals surface area contributed by atoms with Gasteiger partial charge in [-0.3, -0.25) is 0 Å². The van der Waals surface area contributed by atoms with Crippen LogP contribution in [0.5, 0.6) is 0 Å². The molecule has 0 atom stereocenters. The number of nitrogens with zero attached hydrogens (tertiary/aromatic N) is 4. The normalized spacial score (nSPS) is 12.0. The Kier molecular flexibility index (Phi) is 6.64. The molecule has 12 rings (SSSR count). The number of rotatable bonds is 4. The van der Waals surface area contributed by atoms with Crippen molar-refractivity contribution in [3.05, 3.63) is 170 Å². The van der Waals surface area contributed by atoms with Gasteiger partial charge in [-0.25, -0.2) is 15.0 Å². The lowest BCUT2D eigenvalue weighted by Crippen LogP contribution is -2.00. The Morgan fingerprint density at radius 3 is 1.67 bits per heavy atom. The van der Waals surface area contributed by atoms with Crippen LogP contribution in [-0.4, -0.2) is 19.5 Å². The molecular weight excluding hydrogens is 709 g/mol. The van der Waals surface area contributed by atoms with Crippen LogP contribution in [0.3, 0.4) is 0 Å². The Balaban J connectivity index is 1.10. The third-order valence-electron chi connectivity index (χ3n) is 10.8. The molecule has 0 fully saturated rings. The first-order valence-corrected chi connectivity index (χ1v) is 20.0. The standard InChI is InChI=1S/C49H28N4S2/c1-2-13-30(14-3-1)47-50-48(52-49(51-47)33-23-22-29-12-4-5-15-32(29)28-33)31-24-26-34(27-25-31)53-38-19-9-6-16-35(38)41-42-36-17-7-10-20-39(36)54-45(42)43-37-18-8-11-21-40(37)55-46(43)44(41)53/h1-28H. The molecule has 0 aliphatic carbocycles. The summed E-state index contributed by atoms with van der Waals surface area (Å²) < 4.78 is 7.79. The Morgan fingerprint density at radius 1 is 0.382 bits per heavy atom. The van der Waals surface area contributed by atoms with Crippen LogP contribution in [0.4, 0.5) is 0 Å². The molecular formula is C49H28N4S2. The highest BCUT2D eigenvalue weighted by molar-refractivity contribution is 7.30. The third-order valence-corrected chi connectivity index (χ3v) is 13.2. The maximum atomic E-state index is 5.09.